The van der Waals surface area contributed by atoms with Crippen LogP contribution in [0.4, 0.5) is 0 Å². The second kappa shape index (κ2) is 7.00. The number of hydrogen-bond acceptors (Lipinski definition) is 4. The molecule has 2 N–H and O–H groups in total. The lowest BCUT2D eigenvalue weighted by Gasteiger charge is -2.01. The smallest absolute Gasteiger partial charge is 0.303 e. The zero-order chi connectivity index (χ0) is 10.9. The number of nitrogens with one attached hydrogen (secondary N) is 1. The van der Waals surface area contributed by atoms with Gasteiger partial charge in [0, 0.05) is 12.5 Å². The van der Waals surface area contributed by atoms with Crippen LogP contribution in [0.3, 0.4) is 0 Å². The number of hydrogen-bond donors (Lipinski definition) is 2. The largest absolute Gasteiger partial charge is 0.481 e. The molecule has 0 bridgehead atoms. The summed E-state index contributed by atoms with van der Waals surface area (Å²) < 4.78 is 4.90. The first kappa shape index (κ1) is 11.7. The van der Waals surface area contributed by atoms with E-state index in [0.29, 0.717) is 6.54 Å². The first-order valence-corrected chi connectivity index (χ1v) is 5.11. The van der Waals surface area contributed by atoms with Crippen LogP contribution < -0.4 is 5.32 Å². The van der Waals surface area contributed by atoms with Gasteiger partial charge in [0.2, 0.25) is 0 Å². The molecule has 0 aliphatic carbocycles. The van der Waals surface area contributed by atoms with Crippen molar-refractivity contribution in [2.24, 2.45) is 0 Å². The van der Waals surface area contributed by atoms with Gasteiger partial charge >= 0.3 is 5.97 Å². The third-order valence-electron chi connectivity index (χ3n) is 2.03. The molecule has 0 fully saturated rings. The Balaban J connectivity index is 1.87. The van der Waals surface area contributed by atoms with Gasteiger partial charge in [-0.3, -0.25) is 4.79 Å². The monoisotopic (exact) mass is 212 g/mol. The third-order valence-corrected chi connectivity index (χ3v) is 2.03. The molecule has 1 aromatic rings. The van der Waals surface area contributed by atoms with E-state index >= 15 is 0 Å². The lowest BCUT2D eigenvalue weighted by Crippen LogP contribution is -2.14. The van der Waals surface area contributed by atoms with Gasteiger partial charge in [0.25, 0.3) is 0 Å². The van der Waals surface area contributed by atoms with Gasteiger partial charge in [-0.15, -0.1) is 0 Å². The fraction of sp³-hybridized carbons (Fsp3) is 0.600. The first-order valence-electron chi connectivity index (χ1n) is 5.11. The maximum atomic E-state index is 10.2. The summed E-state index contributed by atoms with van der Waals surface area (Å²) in [4.78, 5) is 10.2. The summed E-state index contributed by atoms with van der Waals surface area (Å²) in [5.41, 5.74) is 0. The Morgan fingerprint density at radius 1 is 1.47 bits per heavy atom. The molecule has 0 aliphatic rings. The van der Waals surface area contributed by atoms with E-state index in [-0.39, 0.29) is 6.42 Å². The highest BCUT2D eigenvalue weighted by Gasteiger charge is 1.97. The molecule has 1 heterocycles. The SMILES string of the molecule is O=C(O)CCCCCNCc1ccno1. The number of nitrogens with zero attached hydrogens (tertiary/aromatic N) is 1. The van der Waals surface area contributed by atoms with Gasteiger partial charge in [0.1, 0.15) is 5.76 Å². The molecular weight excluding hydrogens is 196 g/mol. The van der Waals surface area contributed by atoms with E-state index in [1.54, 1.807) is 6.20 Å². The van der Waals surface area contributed by atoms with Crippen molar-refractivity contribution >= 4 is 5.97 Å². The molecule has 5 nitrogen and oxygen atoms in total. The second-order valence-electron chi connectivity index (χ2n) is 3.36. The van der Waals surface area contributed by atoms with Gasteiger partial charge in [-0.25, -0.2) is 0 Å². The number of aliphatic carboxylic acids is 1. The van der Waals surface area contributed by atoms with E-state index in [1.165, 1.54) is 0 Å². The van der Waals surface area contributed by atoms with Crippen LogP contribution in [0.5, 0.6) is 0 Å². The zero-order valence-electron chi connectivity index (χ0n) is 8.61. The van der Waals surface area contributed by atoms with Crippen molar-refractivity contribution in [2.75, 3.05) is 6.54 Å². The van der Waals surface area contributed by atoms with Crippen molar-refractivity contribution in [3.63, 3.8) is 0 Å². The quantitative estimate of drug-likeness (QED) is 0.637. The molecule has 0 aromatic carbocycles. The number of rotatable bonds is 8. The number of carbonyl (C=O) groups is 1. The molecule has 1 rings (SSSR count). The Labute approximate surface area is 88.5 Å². The molecule has 0 unspecified atom stereocenters. The van der Waals surface area contributed by atoms with Crippen molar-refractivity contribution in [2.45, 2.75) is 32.2 Å². The minimum Gasteiger partial charge on any atom is -0.481 e. The molecule has 0 saturated heterocycles. The van der Waals surface area contributed by atoms with Gasteiger partial charge in [-0.2, -0.15) is 0 Å². The Bertz CT molecular complexity index is 272. The van der Waals surface area contributed by atoms with Crippen LogP contribution in [0.25, 0.3) is 0 Å². The first-order chi connectivity index (χ1) is 7.29. The Hall–Kier alpha value is -1.36. The van der Waals surface area contributed by atoms with Crippen molar-refractivity contribution in [3.05, 3.63) is 18.0 Å². The molecule has 0 amide bonds. The van der Waals surface area contributed by atoms with Gasteiger partial charge in [0.05, 0.1) is 12.7 Å². The van der Waals surface area contributed by atoms with Crippen molar-refractivity contribution in [1.29, 1.82) is 0 Å². The fourth-order valence-corrected chi connectivity index (χ4v) is 1.25. The number of aromatic nitrogens is 1. The molecule has 84 valence electrons. The number of carboxylic acids is 1. The lowest BCUT2D eigenvalue weighted by molar-refractivity contribution is -0.137. The third kappa shape index (κ3) is 5.85. The minimum absolute atomic E-state index is 0.266. The zero-order valence-corrected chi connectivity index (χ0v) is 8.61. The summed E-state index contributed by atoms with van der Waals surface area (Å²) in [6.45, 7) is 1.55. The molecule has 0 spiro atoms. The van der Waals surface area contributed by atoms with E-state index in [2.05, 4.69) is 10.5 Å². The highest BCUT2D eigenvalue weighted by molar-refractivity contribution is 5.66. The molecule has 0 atom stereocenters. The topological polar surface area (TPSA) is 75.4 Å². The summed E-state index contributed by atoms with van der Waals surface area (Å²) >= 11 is 0. The molecule has 5 heteroatoms. The maximum absolute atomic E-state index is 10.2. The van der Waals surface area contributed by atoms with Gasteiger partial charge in [-0.05, 0) is 19.4 Å². The van der Waals surface area contributed by atoms with E-state index in [0.717, 1.165) is 31.6 Å². The summed E-state index contributed by atoms with van der Waals surface area (Å²) in [6, 6.07) is 1.82. The molecule has 1 aromatic heterocycles. The van der Waals surface area contributed by atoms with E-state index in [9.17, 15) is 4.79 Å². The van der Waals surface area contributed by atoms with Crippen LogP contribution in [0, 0.1) is 0 Å². The van der Waals surface area contributed by atoms with Crippen molar-refractivity contribution < 1.29 is 14.4 Å². The standard InChI is InChI=1S/C10H16N2O3/c13-10(14)4-2-1-3-6-11-8-9-5-7-12-15-9/h5,7,11H,1-4,6,8H2,(H,13,14). The molecule has 0 aliphatic heterocycles. The summed E-state index contributed by atoms with van der Waals surface area (Å²) in [6.07, 6.45) is 4.56. The average molecular weight is 212 g/mol. The van der Waals surface area contributed by atoms with Crippen LogP contribution in [-0.2, 0) is 11.3 Å². The fourth-order valence-electron chi connectivity index (χ4n) is 1.25. The molecule has 0 saturated carbocycles. The second-order valence-corrected chi connectivity index (χ2v) is 3.36. The minimum atomic E-state index is -0.718. The average Bonchev–Trinajstić information content (AvgIpc) is 2.68. The Kier molecular flexibility index (Phi) is 5.47. The summed E-state index contributed by atoms with van der Waals surface area (Å²) in [5.74, 6) is 0.102. The predicted molar refractivity (Wildman–Crippen MR) is 54.3 cm³/mol. The van der Waals surface area contributed by atoms with Crippen molar-refractivity contribution in [1.82, 2.24) is 10.5 Å². The summed E-state index contributed by atoms with van der Waals surface area (Å²) in [5, 5.41) is 15.2. The molecular formula is C10H16N2O3. The van der Waals surface area contributed by atoms with Crippen LogP contribution in [0.1, 0.15) is 31.4 Å². The highest BCUT2D eigenvalue weighted by Crippen LogP contribution is 1.99. The Morgan fingerprint density at radius 3 is 3.00 bits per heavy atom. The normalized spacial score (nSPS) is 10.4. The van der Waals surface area contributed by atoms with Crippen molar-refractivity contribution in [3.8, 4) is 0 Å². The number of carboxylic acid groups (broad SMARTS) is 1. The molecule has 15 heavy (non-hydrogen) atoms. The molecule has 0 radical (unpaired) electrons. The summed E-state index contributed by atoms with van der Waals surface area (Å²) in [7, 11) is 0. The van der Waals surface area contributed by atoms with Gasteiger partial charge < -0.3 is 14.9 Å². The predicted octanol–water partition coefficient (Wildman–Crippen LogP) is 1.41. The lowest BCUT2D eigenvalue weighted by atomic mass is 10.2. The van der Waals surface area contributed by atoms with Crippen LogP contribution >= 0.6 is 0 Å². The van der Waals surface area contributed by atoms with Crippen LogP contribution in [0.15, 0.2) is 16.8 Å². The van der Waals surface area contributed by atoms with E-state index in [4.69, 9.17) is 9.63 Å². The highest BCUT2D eigenvalue weighted by atomic mass is 16.5. The van der Waals surface area contributed by atoms with Gasteiger partial charge in [-0.1, -0.05) is 11.6 Å². The van der Waals surface area contributed by atoms with Crippen LogP contribution in [-0.4, -0.2) is 22.8 Å². The van der Waals surface area contributed by atoms with Crippen LogP contribution in [0.2, 0.25) is 0 Å². The maximum Gasteiger partial charge on any atom is 0.303 e. The van der Waals surface area contributed by atoms with Gasteiger partial charge in [0.15, 0.2) is 0 Å². The van der Waals surface area contributed by atoms with E-state index < -0.39 is 5.97 Å². The Morgan fingerprint density at radius 2 is 2.33 bits per heavy atom. The van der Waals surface area contributed by atoms with E-state index in [1.807, 2.05) is 6.07 Å². The number of unbranched alkanes of at least 4 members (excludes halogenated alkanes) is 2.